The molecule has 6 nitrogen and oxygen atoms in total. The van der Waals surface area contributed by atoms with E-state index in [1.807, 2.05) is 0 Å². The minimum atomic E-state index is -1.53. The van der Waals surface area contributed by atoms with E-state index in [1.54, 1.807) is 0 Å². The molecule has 8 aromatic carbocycles. The second kappa shape index (κ2) is 24.1. The molecule has 0 heterocycles. The molecule has 8 aromatic rings. The van der Waals surface area contributed by atoms with Crippen LogP contribution in [0.1, 0.15) is 28.1 Å². The van der Waals surface area contributed by atoms with E-state index in [1.165, 1.54) is 35.4 Å². The van der Waals surface area contributed by atoms with Gasteiger partial charge >= 0.3 is 11.9 Å². The number of rotatable bonds is 8. The predicted molar refractivity (Wildman–Crippen MR) is 235 cm³/mol. The van der Waals surface area contributed by atoms with Gasteiger partial charge in [-0.05, 0) is 91.0 Å². The fourth-order valence-electron chi connectivity index (χ4n) is 5.54. The molecule has 0 aliphatic carbocycles. The highest BCUT2D eigenvalue weighted by Gasteiger charge is 2.28. The number of benzene rings is 8. The summed E-state index contributed by atoms with van der Waals surface area (Å²) in [4.78, 5) is 28.6. The molecule has 2 N–H and O–H groups in total. The summed E-state index contributed by atoms with van der Waals surface area (Å²) in [6, 6.07) is 69.9. The van der Waals surface area contributed by atoms with Crippen molar-refractivity contribution in [2.24, 2.45) is 0 Å². The monoisotopic (exact) mass is 852 g/mol. The number of hydrogen-bond acceptors (Lipinski definition) is 4. The molecule has 0 bridgehead atoms. The van der Waals surface area contributed by atoms with Gasteiger partial charge in [-0.15, -0.1) is 0 Å². The second-order valence-electron chi connectivity index (χ2n) is 12.4. The summed E-state index contributed by atoms with van der Waals surface area (Å²) < 4.78 is 24.8. The number of halogens is 2. The predicted octanol–water partition coefficient (Wildman–Crippen LogP) is 11.4. The van der Waals surface area contributed by atoms with Gasteiger partial charge in [0.15, 0.2) is 29.4 Å². The Kier molecular flexibility index (Phi) is 18.4. The van der Waals surface area contributed by atoms with Crippen LogP contribution in [-0.4, -0.2) is 22.2 Å². The first kappa shape index (κ1) is 46.5. The van der Waals surface area contributed by atoms with E-state index in [9.17, 15) is 28.6 Å². The van der Waals surface area contributed by atoms with E-state index in [2.05, 4.69) is 182 Å². The first-order valence-corrected chi connectivity index (χ1v) is 20.8. The lowest BCUT2D eigenvalue weighted by atomic mass is 10.2. The maximum absolute atomic E-state index is 12.5. The molecule has 0 amide bonds. The molecule has 0 saturated heterocycles. The molecular weight excluding hydrogens is 811 g/mol. The minimum Gasteiger partial charge on any atom is -0.872 e. The molecule has 0 atom stereocenters. The van der Waals surface area contributed by atoms with Crippen LogP contribution in [0.15, 0.2) is 248 Å². The van der Waals surface area contributed by atoms with Crippen molar-refractivity contribution >= 4 is 33.7 Å². The van der Waals surface area contributed by atoms with Crippen LogP contribution < -0.4 is 10.2 Å². The Balaban J connectivity index is 0.000000184. The van der Waals surface area contributed by atoms with Gasteiger partial charge in [0.2, 0.25) is 0 Å². The lowest BCUT2D eigenvalue weighted by molar-refractivity contribution is -0.269. The zero-order chi connectivity index (χ0) is 42.7. The molecule has 0 unspecified atom stereocenters. The van der Waals surface area contributed by atoms with Gasteiger partial charge < -0.3 is 20.4 Å². The third-order valence-electron chi connectivity index (χ3n) is 8.23. The van der Waals surface area contributed by atoms with Gasteiger partial charge in [-0.2, -0.15) is 0 Å². The summed E-state index contributed by atoms with van der Waals surface area (Å²) in [5, 5.41) is 38.0. The van der Waals surface area contributed by atoms with Gasteiger partial charge in [0.1, 0.15) is 11.6 Å². The third kappa shape index (κ3) is 13.7. The highest BCUT2D eigenvalue weighted by molar-refractivity contribution is 7.97. The zero-order valence-corrected chi connectivity index (χ0v) is 33.5. The summed E-state index contributed by atoms with van der Waals surface area (Å²) in [6.07, 6.45) is 0. The summed E-state index contributed by atoms with van der Waals surface area (Å²) in [7, 11) is -0.0293. The van der Waals surface area contributed by atoms with Crippen molar-refractivity contribution in [3.63, 3.8) is 0 Å². The first-order valence-electron chi connectivity index (χ1n) is 18.3. The topological polar surface area (TPSA) is 121 Å². The molecule has 0 radical (unpaired) electrons. The number of aromatic carboxylic acids is 2. The van der Waals surface area contributed by atoms with Gasteiger partial charge in [-0.1, -0.05) is 146 Å². The molecule has 0 aromatic heterocycles. The average molecular weight is 853 g/mol. The number of carboxylic acid groups (broad SMARTS) is 2. The van der Waals surface area contributed by atoms with E-state index in [4.69, 9.17) is 10.2 Å². The largest absolute Gasteiger partial charge is 0.872 e. The molecule has 0 aliphatic rings. The maximum atomic E-state index is 12.5. The van der Waals surface area contributed by atoms with Crippen LogP contribution in [0.2, 0.25) is 0 Å². The maximum Gasteiger partial charge on any atom is 0.338 e. The molecule has 0 saturated carbocycles. The van der Waals surface area contributed by atoms with Crippen molar-refractivity contribution in [1.29, 1.82) is 0 Å². The van der Waals surface area contributed by atoms with E-state index < -0.39 is 46.2 Å². The van der Waals surface area contributed by atoms with E-state index in [0.717, 1.165) is 24.3 Å². The van der Waals surface area contributed by atoms with Crippen LogP contribution >= 0.6 is 0 Å². The summed E-state index contributed by atoms with van der Waals surface area (Å²) in [6.45, 7) is 0. The van der Waals surface area contributed by atoms with Gasteiger partial charge in [-0.3, -0.25) is 0 Å². The highest BCUT2D eigenvalue weighted by atomic mass is 32.2. The zero-order valence-electron chi connectivity index (χ0n) is 31.9. The Morgan fingerprint density at radius 3 is 0.934 bits per heavy atom. The van der Waals surface area contributed by atoms with E-state index in [-0.39, 0.29) is 29.2 Å². The van der Waals surface area contributed by atoms with Crippen molar-refractivity contribution in [3.05, 3.63) is 241 Å². The minimum absolute atomic E-state index is 0. The molecule has 308 valence electrons. The summed E-state index contributed by atoms with van der Waals surface area (Å²) >= 11 is 0. The molecule has 0 fully saturated rings. The van der Waals surface area contributed by atoms with Gasteiger partial charge in [0, 0.05) is 0 Å². The van der Waals surface area contributed by atoms with Crippen LogP contribution in [0.5, 0.6) is 11.5 Å². The standard InChI is InChI=1S/2C18H15S.2C7H5FO3.CH4/c2*1-4-10-16(11-5-1)19(17-12-6-2-7-13-17)18-14-8-3-9-15-18;8-4-1-2-6(9)5(3-4)7(10)11;8-4-2-1-3-5(9)6(4)7(10)11;/h2*1-15H;2*1-3,9H,(H,10,11);1H4/q2*+1;;;/p-2. The third-order valence-corrected chi connectivity index (χ3v) is 12.7. The number of carboxylic acids is 2. The first-order chi connectivity index (χ1) is 29.1. The van der Waals surface area contributed by atoms with Crippen LogP contribution in [0.3, 0.4) is 0 Å². The molecule has 10 heteroatoms. The highest BCUT2D eigenvalue weighted by Crippen LogP contribution is 2.32. The van der Waals surface area contributed by atoms with Gasteiger partial charge in [-0.25, -0.2) is 18.4 Å². The fourth-order valence-corrected chi connectivity index (χ4v) is 9.75. The summed E-state index contributed by atoms with van der Waals surface area (Å²) in [5.74, 6) is -6.15. The lowest BCUT2D eigenvalue weighted by Gasteiger charge is -2.08. The van der Waals surface area contributed by atoms with E-state index >= 15 is 0 Å². The molecule has 8 rings (SSSR count). The van der Waals surface area contributed by atoms with Gasteiger partial charge in [0.05, 0.1) is 32.9 Å². The number of carbonyl (C=O) groups is 2. The van der Waals surface area contributed by atoms with E-state index in [0.29, 0.717) is 6.07 Å². The van der Waals surface area contributed by atoms with Crippen LogP contribution in [0.4, 0.5) is 8.78 Å². The molecular formula is C51H42F2O6S2. The van der Waals surface area contributed by atoms with Crippen LogP contribution in [0, 0.1) is 11.6 Å². The fraction of sp³-hybridized carbons (Fsp3) is 0.0196. The quantitative estimate of drug-likeness (QED) is 0.147. The number of hydrogen-bond donors (Lipinski definition) is 2. The van der Waals surface area contributed by atoms with Crippen LogP contribution in [-0.2, 0) is 21.8 Å². The SMILES string of the molecule is C.O=C(O)c1c([O-])cccc1F.O=C(O)c1cc(F)ccc1[O-].c1ccc([S+](c2ccccc2)c2ccccc2)cc1.c1ccc([S+](c2ccccc2)c2ccccc2)cc1. The molecule has 0 spiro atoms. The van der Waals surface area contributed by atoms with Crippen molar-refractivity contribution in [3.8, 4) is 11.5 Å². The van der Waals surface area contributed by atoms with Crippen molar-refractivity contribution < 1.29 is 38.8 Å². The Hall–Kier alpha value is -7.14. The molecule has 0 aliphatic heterocycles. The Morgan fingerprint density at radius 1 is 0.393 bits per heavy atom. The Labute approximate surface area is 360 Å². The van der Waals surface area contributed by atoms with Gasteiger partial charge in [0.25, 0.3) is 0 Å². The van der Waals surface area contributed by atoms with Crippen LogP contribution in [0.25, 0.3) is 0 Å². The second-order valence-corrected chi connectivity index (χ2v) is 16.4. The average Bonchev–Trinajstić information content (AvgIpc) is 3.27. The Bertz CT molecular complexity index is 2210. The van der Waals surface area contributed by atoms with Crippen molar-refractivity contribution in [1.82, 2.24) is 0 Å². The Morgan fingerprint density at radius 2 is 0.705 bits per heavy atom. The van der Waals surface area contributed by atoms with Crippen molar-refractivity contribution in [2.75, 3.05) is 0 Å². The lowest BCUT2D eigenvalue weighted by Crippen LogP contribution is -2.06. The normalized spacial score (nSPS) is 10.0. The van der Waals surface area contributed by atoms with Crippen molar-refractivity contribution in [2.45, 2.75) is 36.8 Å². The summed E-state index contributed by atoms with van der Waals surface area (Å²) in [5.41, 5.74) is -1.34. The molecule has 61 heavy (non-hydrogen) atoms. The smallest absolute Gasteiger partial charge is 0.338 e.